The van der Waals surface area contributed by atoms with Crippen LogP contribution in [0.2, 0.25) is 0 Å². The number of anilines is 1. The van der Waals surface area contributed by atoms with E-state index in [1.165, 1.54) is 6.92 Å². The smallest absolute Gasteiger partial charge is 0.350 e. The summed E-state index contributed by atoms with van der Waals surface area (Å²) in [5.74, 6) is -5.25. The molecule has 22 heavy (non-hydrogen) atoms. The fourth-order valence-corrected chi connectivity index (χ4v) is 2.20. The number of alkyl halides is 2. The monoisotopic (exact) mass is 315 g/mol. The first kappa shape index (κ1) is 16.1. The lowest BCUT2D eigenvalue weighted by molar-refractivity contribution is -0.384. The predicted octanol–water partition coefficient (Wildman–Crippen LogP) is 1.44. The number of nitrogen functional groups attached to an aromatic ring is 1. The number of benzene rings is 1. The van der Waals surface area contributed by atoms with E-state index in [0.717, 1.165) is 11.0 Å². The summed E-state index contributed by atoms with van der Waals surface area (Å²) in [6.45, 7) is 1.86. The molecule has 7 nitrogen and oxygen atoms in total. The number of aryl methyl sites for hydroxylation is 1. The van der Waals surface area contributed by atoms with Crippen LogP contribution in [0.3, 0.4) is 0 Å². The van der Waals surface area contributed by atoms with E-state index >= 15 is 0 Å². The number of hydrogen-bond donors (Lipinski definition) is 1. The summed E-state index contributed by atoms with van der Waals surface area (Å²) in [5, 5.41) is 10.9. The second kappa shape index (κ2) is 5.84. The number of nitro groups is 1. The molecule has 0 saturated carbocycles. The summed E-state index contributed by atoms with van der Waals surface area (Å²) < 4.78 is 33.8. The molecule has 0 aromatic heterocycles. The Kier molecular flexibility index (Phi) is 4.27. The molecule has 1 amide bonds. The van der Waals surface area contributed by atoms with E-state index in [2.05, 4.69) is 0 Å². The molecule has 0 radical (unpaired) electrons. The van der Waals surface area contributed by atoms with Gasteiger partial charge in [0, 0.05) is 24.7 Å². The zero-order valence-electron chi connectivity index (χ0n) is 11.8. The normalized spacial score (nSPS) is 15.7. The highest BCUT2D eigenvalue weighted by atomic mass is 19.3. The van der Waals surface area contributed by atoms with Crippen molar-refractivity contribution >= 4 is 17.3 Å². The first-order chi connectivity index (χ1) is 10.2. The van der Waals surface area contributed by atoms with E-state index in [-0.39, 0.29) is 37.6 Å². The van der Waals surface area contributed by atoms with Crippen LogP contribution < -0.4 is 5.73 Å². The van der Waals surface area contributed by atoms with Crippen molar-refractivity contribution in [1.29, 1.82) is 0 Å². The highest BCUT2D eigenvalue weighted by Crippen LogP contribution is 2.36. The number of halogens is 2. The minimum absolute atomic E-state index is 0.0600. The summed E-state index contributed by atoms with van der Waals surface area (Å²) in [4.78, 5) is 23.1. The predicted molar refractivity (Wildman–Crippen MR) is 73.5 cm³/mol. The number of hydrogen-bond acceptors (Lipinski definition) is 5. The number of ether oxygens (including phenoxy) is 1. The third-order valence-corrected chi connectivity index (χ3v) is 3.49. The molecule has 1 aliphatic heterocycles. The highest BCUT2D eigenvalue weighted by molar-refractivity contribution is 5.85. The molecule has 1 fully saturated rings. The van der Waals surface area contributed by atoms with Gasteiger partial charge in [-0.05, 0) is 18.6 Å². The summed E-state index contributed by atoms with van der Waals surface area (Å²) in [5.41, 5.74) is 4.08. The van der Waals surface area contributed by atoms with Gasteiger partial charge in [0.25, 0.3) is 11.6 Å². The van der Waals surface area contributed by atoms with Crippen LogP contribution in [0.1, 0.15) is 11.1 Å². The zero-order valence-corrected chi connectivity index (χ0v) is 11.8. The maximum absolute atomic E-state index is 14.4. The maximum Gasteiger partial charge on any atom is 0.350 e. The Bertz CT molecular complexity index is 616. The molecule has 2 N–H and O–H groups in total. The van der Waals surface area contributed by atoms with Crippen molar-refractivity contribution < 1.29 is 23.2 Å². The molecule has 0 spiro atoms. The first-order valence-electron chi connectivity index (χ1n) is 6.55. The van der Waals surface area contributed by atoms with E-state index in [1.54, 1.807) is 0 Å². The van der Waals surface area contributed by atoms with Crippen LogP contribution in [0.5, 0.6) is 0 Å². The van der Waals surface area contributed by atoms with E-state index < -0.39 is 28.0 Å². The van der Waals surface area contributed by atoms with Gasteiger partial charge in [0.15, 0.2) is 0 Å². The zero-order chi connectivity index (χ0) is 16.5. The Morgan fingerprint density at radius 3 is 2.55 bits per heavy atom. The molecular formula is C13H15F2N3O4. The third kappa shape index (κ3) is 2.84. The average molecular weight is 315 g/mol. The highest BCUT2D eigenvalue weighted by Gasteiger charge is 2.45. The van der Waals surface area contributed by atoms with Crippen LogP contribution in [0, 0.1) is 17.0 Å². The van der Waals surface area contributed by atoms with Gasteiger partial charge >= 0.3 is 5.92 Å². The lowest BCUT2D eigenvalue weighted by Crippen LogP contribution is -2.47. The van der Waals surface area contributed by atoms with E-state index in [9.17, 15) is 23.7 Å². The molecule has 0 aliphatic carbocycles. The minimum atomic E-state index is -3.86. The summed E-state index contributed by atoms with van der Waals surface area (Å²) in [7, 11) is 0. The Morgan fingerprint density at radius 2 is 2.00 bits per heavy atom. The van der Waals surface area contributed by atoms with E-state index in [1.807, 2.05) is 0 Å². The second-order valence-corrected chi connectivity index (χ2v) is 4.96. The Labute approximate surface area is 124 Å². The van der Waals surface area contributed by atoms with Crippen LogP contribution in [0.25, 0.3) is 0 Å². The fraction of sp³-hybridized carbons (Fsp3) is 0.462. The van der Waals surface area contributed by atoms with Crippen LogP contribution in [0.4, 0.5) is 20.2 Å². The number of nitro benzene ring substituents is 1. The minimum Gasteiger partial charge on any atom is -0.393 e. The van der Waals surface area contributed by atoms with Gasteiger partial charge in [-0.15, -0.1) is 0 Å². The molecule has 1 aliphatic rings. The number of nitrogens with two attached hydrogens (primary N) is 1. The van der Waals surface area contributed by atoms with E-state index in [4.69, 9.17) is 10.5 Å². The van der Waals surface area contributed by atoms with Gasteiger partial charge in [-0.1, -0.05) is 0 Å². The summed E-state index contributed by atoms with van der Waals surface area (Å²) in [6, 6.07) is 1.65. The molecular weight excluding hydrogens is 300 g/mol. The Hall–Kier alpha value is -2.29. The number of amides is 1. The standard InChI is InChI=1S/C13H15F2N3O4/c1-8-6-9(7-10(11(8)16)18(20)21)13(14,15)12(19)17-2-4-22-5-3-17/h6-7H,2-5,16H2,1H3. The fourth-order valence-electron chi connectivity index (χ4n) is 2.20. The van der Waals surface area contributed by atoms with Gasteiger partial charge in [-0.2, -0.15) is 8.78 Å². The van der Waals surface area contributed by atoms with Crippen molar-refractivity contribution in [3.05, 3.63) is 33.4 Å². The van der Waals surface area contributed by atoms with Crippen LogP contribution in [-0.2, 0) is 15.5 Å². The van der Waals surface area contributed by atoms with Gasteiger partial charge in [0.2, 0.25) is 0 Å². The average Bonchev–Trinajstić information content (AvgIpc) is 2.49. The van der Waals surface area contributed by atoms with Crippen molar-refractivity contribution in [2.24, 2.45) is 0 Å². The molecule has 0 unspecified atom stereocenters. The van der Waals surface area contributed by atoms with E-state index in [0.29, 0.717) is 6.07 Å². The first-order valence-corrected chi connectivity index (χ1v) is 6.55. The van der Waals surface area contributed by atoms with Gasteiger partial charge in [0.1, 0.15) is 5.69 Å². The lowest BCUT2D eigenvalue weighted by Gasteiger charge is -2.30. The largest absolute Gasteiger partial charge is 0.393 e. The molecule has 0 bridgehead atoms. The molecule has 1 aromatic rings. The molecule has 1 heterocycles. The number of morpholine rings is 1. The molecule has 9 heteroatoms. The molecule has 1 saturated heterocycles. The summed E-state index contributed by atoms with van der Waals surface area (Å²) >= 11 is 0. The van der Waals surface area contributed by atoms with Crippen LogP contribution >= 0.6 is 0 Å². The number of carbonyl (C=O) groups is 1. The third-order valence-electron chi connectivity index (χ3n) is 3.49. The van der Waals surface area contributed by atoms with Gasteiger partial charge in [-0.25, -0.2) is 0 Å². The Balaban J connectivity index is 2.40. The van der Waals surface area contributed by atoms with Crippen molar-refractivity contribution in [3.8, 4) is 0 Å². The topological polar surface area (TPSA) is 98.7 Å². The number of rotatable bonds is 3. The Morgan fingerprint density at radius 1 is 1.41 bits per heavy atom. The molecule has 2 rings (SSSR count). The second-order valence-electron chi connectivity index (χ2n) is 4.96. The van der Waals surface area contributed by atoms with Crippen LogP contribution in [0.15, 0.2) is 12.1 Å². The van der Waals surface area contributed by atoms with Crippen molar-refractivity contribution in [1.82, 2.24) is 4.90 Å². The van der Waals surface area contributed by atoms with Gasteiger partial charge < -0.3 is 15.4 Å². The SMILES string of the molecule is Cc1cc(C(F)(F)C(=O)N2CCOCC2)cc([N+](=O)[O-])c1N. The van der Waals surface area contributed by atoms with Crippen LogP contribution in [-0.4, -0.2) is 42.0 Å². The lowest BCUT2D eigenvalue weighted by atomic mass is 10.0. The quantitative estimate of drug-likeness (QED) is 0.517. The summed E-state index contributed by atoms with van der Waals surface area (Å²) in [6.07, 6.45) is 0. The van der Waals surface area contributed by atoms with Gasteiger partial charge in [0.05, 0.1) is 18.1 Å². The number of nitrogens with zero attached hydrogens (tertiary/aromatic N) is 2. The maximum atomic E-state index is 14.4. The van der Waals surface area contributed by atoms with Crippen molar-refractivity contribution in [2.45, 2.75) is 12.8 Å². The van der Waals surface area contributed by atoms with Crippen molar-refractivity contribution in [3.63, 3.8) is 0 Å². The molecule has 120 valence electrons. The molecule has 1 aromatic carbocycles. The van der Waals surface area contributed by atoms with Gasteiger partial charge in [-0.3, -0.25) is 14.9 Å². The number of carbonyl (C=O) groups excluding carboxylic acids is 1. The molecule has 0 atom stereocenters. The van der Waals surface area contributed by atoms with Crippen molar-refractivity contribution in [2.75, 3.05) is 32.0 Å².